The molecule has 0 spiro atoms. The van der Waals surface area contributed by atoms with Gasteiger partial charge in [0, 0.05) is 34.2 Å². The lowest BCUT2D eigenvalue weighted by atomic mass is 10.3. The van der Waals surface area contributed by atoms with Gasteiger partial charge in [-0.2, -0.15) is 4.31 Å². The molecule has 8 nitrogen and oxygen atoms in total. The SMILES string of the molecule is COCCN(CC(=O)N(C)C)S(=O)(=O)CCCC(=O)OC. The third kappa shape index (κ3) is 7.98. The van der Waals surface area contributed by atoms with Crippen molar-refractivity contribution in [3.05, 3.63) is 0 Å². The summed E-state index contributed by atoms with van der Waals surface area (Å²) in [6.07, 6.45) is 0.171. The van der Waals surface area contributed by atoms with Crippen molar-refractivity contribution in [2.75, 3.05) is 53.8 Å². The van der Waals surface area contributed by atoms with Crippen LogP contribution in [-0.4, -0.2) is 83.3 Å². The molecule has 0 fully saturated rings. The third-order valence-electron chi connectivity index (χ3n) is 2.76. The van der Waals surface area contributed by atoms with Crippen LogP contribution >= 0.6 is 0 Å². The Labute approximate surface area is 126 Å². The molecule has 0 saturated heterocycles. The van der Waals surface area contributed by atoms with Gasteiger partial charge < -0.3 is 14.4 Å². The number of rotatable bonds is 10. The van der Waals surface area contributed by atoms with Crippen LogP contribution < -0.4 is 0 Å². The monoisotopic (exact) mass is 324 g/mol. The zero-order chi connectivity index (χ0) is 16.5. The molecule has 0 atom stereocenters. The van der Waals surface area contributed by atoms with Gasteiger partial charge in [-0.25, -0.2) is 8.42 Å². The Morgan fingerprint density at radius 3 is 2.24 bits per heavy atom. The maximum absolute atomic E-state index is 12.2. The zero-order valence-corrected chi connectivity index (χ0v) is 13.8. The van der Waals surface area contributed by atoms with E-state index in [-0.39, 0.29) is 44.2 Å². The number of esters is 1. The van der Waals surface area contributed by atoms with Crippen molar-refractivity contribution in [2.45, 2.75) is 12.8 Å². The summed E-state index contributed by atoms with van der Waals surface area (Å²) in [5.74, 6) is -0.993. The van der Waals surface area contributed by atoms with Crippen LogP contribution in [0.5, 0.6) is 0 Å². The van der Waals surface area contributed by atoms with E-state index in [0.717, 1.165) is 4.31 Å². The number of ether oxygens (including phenoxy) is 2. The first-order chi connectivity index (χ1) is 9.74. The lowest BCUT2D eigenvalue weighted by Crippen LogP contribution is -2.42. The highest BCUT2D eigenvalue weighted by Crippen LogP contribution is 2.06. The van der Waals surface area contributed by atoms with Gasteiger partial charge in [-0.15, -0.1) is 0 Å². The highest BCUT2D eigenvalue weighted by molar-refractivity contribution is 7.89. The average molecular weight is 324 g/mol. The number of carbonyl (C=O) groups is 2. The lowest BCUT2D eigenvalue weighted by molar-refractivity contribution is -0.140. The van der Waals surface area contributed by atoms with Crippen molar-refractivity contribution in [3.8, 4) is 0 Å². The minimum absolute atomic E-state index is 0.0233. The van der Waals surface area contributed by atoms with Crippen LogP contribution in [0.25, 0.3) is 0 Å². The van der Waals surface area contributed by atoms with E-state index in [2.05, 4.69) is 4.74 Å². The molecule has 0 aromatic heterocycles. The molecule has 0 aliphatic carbocycles. The Kier molecular flexibility index (Phi) is 9.14. The van der Waals surface area contributed by atoms with Crippen LogP contribution in [0.2, 0.25) is 0 Å². The van der Waals surface area contributed by atoms with Gasteiger partial charge in [0.05, 0.1) is 26.0 Å². The summed E-state index contributed by atoms with van der Waals surface area (Å²) in [5, 5.41) is 0. The summed E-state index contributed by atoms with van der Waals surface area (Å²) >= 11 is 0. The van der Waals surface area contributed by atoms with Crippen LogP contribution in [0.4, 0.5) is 0 Å². The normalized spacial score (nSPS) is 11.5. The molecule has 0 aliphatic heterocycles. The quantitative estimate of drug-likeness (QED) is 0.494. The Morgan fingerprint density at radius 2 is 1.76 bits per heavy atom. The number of methoxy groups -OCH3 is 2. The van der Waals surface area contributed by atoms with E-state index in [1.807, 2.05) is 0 Å². The Hall–Kier alpha value is -1.19. The van der Waals surface area contributed by atoms with Gasteiger partial charge in [0.25, 0.3) is 0 Å². The maximum atomic E-state index is 12.2. The van der Waals surface area contributed by atoms with Gasteiger partial charge in [-0.05, 0) is 6.42 Å². The number of likely N-dealkylation sites (N-methyl/N-ethyl adjacent to an activating group) is 1. The summed E-state index contributed by atoms with van der Waals surface area (Å²) in [4.78, 5) is 24.0. The number of sulfonamides is 1. The minimum Gasteiger partial charge on any atom is -0.469 e. The van der Waals surface area contributed by atoms with Crippen molar-refractivity contribution in [1.82, 2.24) is 9.21 Å². The van der Waals surface area contributed by atoms with Crippen molar-refractivity contribution in [1.29, 1.82) is 0 Å². The largest absolute Gasteiger partial charge is 0.469 e. The molecule has 1 amide bonds. The molecule has 0 heterocycles. The highest BCUT2D eigenvalue weighted by atomic mass is 32.2. The molecule has 0 aromatic rings. The predicted octanol–water partition coefficient (Wildman–Crippen LogP) is -0.694. The second-order valence-electron chi connectivity index (χ2n) is 4.61. The van der Waals surface area contributed by atoms with Crippen LogP contribution in [0.3, 0.4) is 0 Å². The van der Waals surface area contributed by atoms with E-state index in [9.17, 15) is 18.0 Å². The van der Waals surface area contributed by atoms with Gasteiger partial charge >= 0.3 is 5.97 Å². The molecular weight excluding hydrogens is 300 g/mol. The average Bonchev–Trinajstić information content (AvgIpc) is 2.42. The standard InChI is InChI=1S/C12H24N2O6S/c1-13(2)11(15)10-14(7-8-19-3)21(17,18)9-5-6-12(16)20-4/h5-10H2,1-4H3. The Morgan fingerprint density at radius 1 is 1.14 bits per heavy atom. The molecule has 0 N–H and O–H groups in total. The summed E-state index contributed by atoms with van der Waals surface area (Å²) < 4.78 is 34.8. The molecule has 0 saturated carbocycles. The van der Waals surface area contributed by atoms with Gasteiger partial charge in [0.15, 0.2) is 0 Å². The number of hydrogen-bond donors (Lipinski definition) is 0. The molecule has 0 aliphatic rings. The van der Waals surface area contributed by atoms with Gasteiger partial charge in [0.2, 0.25) is 15.9 Å². The fourth-order valence-electron chi connectivity index (χ4n) is 1.43. The van der Waals surface area contributed by atoms with Crippen LogP contribution in [0, 0.1) is 0 Å². The molecule has 0 radical (unpaired) electrons. The van der Waals surface area contributed by atoms with E-state index in [4.69, 9.17) is 4.74 Å². The fraction of sp³-hybridized carbons (Fsp3) is 0.833. The lowest BCUT2D eigenvalue weighted by Gasteiger charge is -2.22. The summed E-state index contributed by atoms with van der Waals surface area (Å²) in [7, 11) is 2.19. The number of nitrogens with zero attached hydrogens (tertiary/aromatic N) is 2. The van der Waals surface area contributed by atoms with Gasteiger partial charge in [0.1, 0.15) is 0 Å². The van der Waals surface area contributed by atoms with Crippen LogP contribution in [0.1, 0.15) is 12.8 Å². The Balaban J connectivity index is 4.70. The summed E-state index contributed by atoms with van der Waals surface area (Å²) in [6, 6.07) is 0. The van der Waals surface area contributed by atoms with Gasteiger partial charge in [-0.1, -0.05) is 0 Å². The first kappa shape index (κ1) is 19.8. The molecule has 0 aromatic carbocycles. The molecule has 9 heteroatoms. The van der Waals surface area contributed by atoms with E-state index < -0.39 is 16.0 Å². The van der Waals surface area contributed by atoms with E-state index in [1.165, 1.54) is 19.1 Å². The zero-order valence-electron chi connectivity index (χ0n) is 13.0. The Bertz CT molecular complexity index is 435. The second kappa shape index (κ2) is 9.69. The van der Waals surface area contributed by atoms with Gasteiger partial charge in [-0.3, -0.25) is 9.59 Å². The summed E-state index contributed by atoms with van der Waals surface area (Å²) in [5.41, 5.74) is 0. The fourth-order valence-corrected chi connectivity index (χ4v) is 2.86. The van der Waals surface area contributed by atoms with Crippen molar-refractivity contribution in [3.63, 3.8) is 0 Å². The third-order valence-corrected chi connectivity index (χ3v) is 4.66. The smallest absolute Gasteiger partial charge is 0.305 e. The first-order valence-corrected chi connectivity index (χ1v) is 8.09. The summed E-state index contributed by atoms with van der Waals surface area (Å²) in [6.45, 7) is 0.0461. The van der Waals surface area contributed by atoms with Crippen molar-refractivity contribution < 1.29 is 27.5 Å². The number of carbonyl (C=O) groups excluding carboxylic acids is 2. The first-order valence-electron chi connectivity index (χ1n) is 6.48. The van der Waals surface area contributed by atoms with Crippen molar-refractivity contribution in [2.24, 2.45) is 0 Å². The number of amides is 1. The second-order valence-corrected chi connectivity index (χ2v) is 6.70. The van der Waals surface area contributed by atoms with E-state index >= 15 is 0 Å². The molecule has 124 valence electrons. The topological polar surface area (TPSA) is 93.2 Å². The number of hydrogen-bond acceptors (Lipinski definition) is 6. The van der Waals surface area contributed by atoms with Crippen LogP contribution in [0.15, 0.2) is 0 Å². The van der Waals surface area contributed by atoms with E-state index in [0.29, 0.717) is 0 Å². The van der Waals surface area contributed by atoms with E-state index in [1.54, 1.807) is 14.1 Å². The maximum Gasteiger partial charge on any atom is 0.305 e. The molecule has 0 unspecified atom stereocenters. The molecule has 21 heavy (non-hydrogen) atoms. The molecule has 0 rings (SSSR count). The molecule has 0 bridgehead atoms. The van der Waals surface area contributed by atoms with Crippen LogP contribution in [-0.2, 0) is 29.1 Å². The van der Waals surface area contributed by atoms with Crippen molar-refractivity contribution >= 4 is 21.9 Å². The minimum atomic E-state index is -3.63. The molecular formula is C12H24N2O6S. The highest BCUT2D eigenvalue weighted by Gasteiger charge is 2.25. The predicted molar refractivity (Wildman–Crippen MR) is 77.2 cm³/mol.